The number of nitrogens with zero attached hydrogens (tertiary/aromatic N) is 1. The number of hydrogen-bond acceptors (Lipinski definition) is 5. The Kier molecular flexibility index (Phi) is 5.17. The minimum atomic E-state index is -0.383. The molecular weight excluding hydrogens is 408 g/mol. The highest BCUT2D eigenvalue weighted by atomic mass is 79.9. The molecule has 1 aromatic carbocycles. The van der Waals surface area contributed by atoms with Crippen LogP contribution in [0.3, 0.4) is 0 Å². The van der Waals surface area contributed by atoms with Gasteiger partial charge in [-0.1, -0.05) is 15.9 Å². The molecule has 0 amide bonds. The summed E-state index contributed by atoms with van der Waals surface area (Å²) in [6, 6.07) is 3.66. The van der Waals surface area contributed by atoms with Gasteiger partial charge < -0.3 is 10.1 Å². The standard InChI is InChI=1S/C13H12Br2N2O2S/c1-7(11-5-16-6-20-11)17-12-9(13(18)19-2)3-8(14)4-10(12)15/h3-7,17H,1-2H3. The van der Waals surface area contributed by atoms with Crippen LogP contribution in [0.5, 0.6) is 0 Å². The maximum Gasteiger partial charge on any atom is 0.340 e. The number of rotatable bonds is 4. The Morgan fingerprint density at radius 3 is 2.80 bits per heavy atom. The smallest absolute Gasteiger partial charge is 0.340 e. The van der Waals surface area contributed by atoms with Crippen molar-refractivity contribution in [1.29, 1.82) is 0 Å². The van der Waals surface area contributed by atoms with Crippen LogP contribution in [0, 0.1) is 0 Å². The van der Waals surface area contributed by atoms with Crippen molar-refractivity contribution >= 4 is 54.9 Å². The van der Waals surface area contributed by atoms with Crippen LogP contribution in [0.1, 0.15) is 28.2 Å². The molecule has 0 saturated heterocycles. The van der Waals surface area contributed by atoms with Crippen LogP contribution in [0.15, 0.2) is 32.8 Å². The predicted octanol–water partition coefficient (Wildman–Crippen LogP) is 4.63. The van der Waals surface area contributed by atoms with Crippen LogP contribution in [-0.4, -0.2) is 18.1 Å². The van der Waals surface area contributed by atoms with Crippen LogP contribution in [-0.2, 0) is 4.74 Å². The van der Waals surface area contributed by atoms with E-state index in [4.69, 9.17) is 4.74 Å². The first-order valence-corrected chi connectivity index (χ1v) is 8.21. The third kappa shape index (κ3) is 3.39. The molecule has 0 fully saturated rings. The molecule has 2 aromatic rings. The molecule has 0 aliphatic heterocycles. The molecule has 0 aliphatic rings. The van der Waals surface area contributed by atoms with E-state index in [9.17, 15) is 4.79 Å². The molecule has 7 heteroatoms. The molecule has 106 valence electrons. The normalized spacial score (nSPS) is 12.0. The number of aromatic nitrogens is 1. The van der Waals surface area contributed by atoms with Gasteiger partial charge in [-0.15, -0.1) is 11.3 Å². The van der Waals surface area contributed by atoms with Crippen molar-refractivity contribution in [3.05, 3.63) is 43.2 Å². The van der Waals surface area contributed by atoms with Gasteiger partial charge in [0.2, 0.25) is 0 Å². The van der Waals surface area contributed by atoms with Gasteiger partial charge in [-0.3, -0.25) is 4.98 Å². The molecule has 20 heavy (non-hydrogen) atoms. The van der Waals surface area contributed by atoms with Crippen LogP contribution >= 0.6 is 43.2 Å². The first-order chi connectivity index (χ1) is 9.52. The molecule has 1 heterocycles. The zero-order chi connectivity index (χ0) is 14.7. The van der Waals surface area contributed by atoms with Crippen molar-refractivity contribution in [3.8, 4) is 0 Å². The average Bonchev–Trinajstić information content (AvgIpc) is 2.94. The largest absolute Gasteiger partial charge is 0.465 e. The van der Waals surface area contributed by atoms with Crippen molar-refractivity contribution < 1.29 is 9.53 Å². The lowest BCUT2D eigenvalue weighted by atomic mass is 10.1. The summed E-state index contributed by atoms with van der Waals surface area (Å²) in [5, 5.41) is 3.33. The van der Waals surface area contributed by atoms with E-state index in [1.165, 1.54) is 7.11 Å². The van der Waals surface area contributed by atoms with E-state index < -0.39 is 0 Å². The maximum atomic E-state index is 11.9. The van der Waals surface area contributed by atoms with Crippen molar-refractivity contribution in [2.24, 2.45) is 0 Å². The Hall–Kier alpha value is -0.920. The summed E-state index contributed by atoms with van der Waals surface area (Å²) in [5.41, 5.74) is 2.97. The van der Waals surface area contributed by atoms with E-state index in [0.29, 0.717) is 11.3 Å². The van der Waals surface area contributed by atoms with Gasteiger partial charge in [0, 0.05) is 20.0 Å². The highest BCUT2D eigenvalue weighted by molar-refractivity contribution is 9.11. The number of thiazole rings is 1. The average molecular weight is 420 g/mol. The van der Waals surface area contributed by atoms with E-state index in [-0.39, 0.29) is 12.0 Å². The molecule has 1 atom stereocenters. The predicted molar refractivity (Wildman–Crippen MR) is 87.3 cm³/mol. The quantitative estimate of drug-likeness (QED) is 0.734. The molecule has 1 N–H and O–H groups in total. The number of benzene rings is 1. The van der Waals surface area contributed by atoms with Crippen LogP contribution in [0.25, 0.3) is 0 Å². The van der Waals surface area contributed by atoms with Crippen molar-refractivity contribution in [1.82, 2.24) is 4.98 Å². The number of hydrogen-bond donors (Lipinski definition) is 1. The third-order valence-corrected chi connectivity index (χ3v) is 4.74. The molecule has 0 radical (unpaired) electrons. The summed E-state index contributed by atoms with van der Waals surface area (Å²) in [4.78, 5) is 17.0. The number of esters is 1. The second-order valence-electron chi connectivity index (χ2n) is 4.07. The van der Waals surface area contributed by atoms with Crippen LogP contribution < -0.4 is 5.32 Å². The minimum Gasteiger partial charge on any atom is -0.465 e. The van der Waals surface area contributed by atoms with E-state index in [1.54, 1.807) is 22.9 Å². The number of nitrogens with one attached hydrogen (secondary N) is 1. The summed E-state index contributed by atoms with van der Waals surface area (Å²) in [6.45, 7) is 2.02. The van der Waals surface area contributed by atoms with Gasteiger partial charge in [-0.25, -0.2) is 4.79 Å². The Labute approximate surface area is 137 Å². The zero-order valence-corrected chi connectivity index (χ0v) is 14.8. The van der Waals surface area contributed by atoms with E-state index >= 15 is 0 Å². The SMILES string of the molecule is COC(=O)c1cc(Br)cc(Br)c1NC(C)c1cncs1. The van der Waals surface area contributed by atoms with Crippen molar-refractivity contribution in [2.45, 2.75) is 13.0 Å². The molecule has 1 unspecified atom stereocenters. The van der Waals surface area contributed by atoms with Gasteiger partial charge in [0.15, 0.2) is 0 Å². The lowest BCUT2D eigenvalue weighted by Crippen LogP contribution is -2.11. The van der Waals surface area contributed by atoms with Gasteiger partial charge in [0.05, 0.1) is 29.9 Å². The second kappa shape index (κ2) is 6.69. The fourth-order valence-corrected chi connectivity index (χ4v) is 3.69. The van der Waals surface area contributed by atoms with Gasteiger partial charge >= 0.3 is 5.97 Å². The number of carbonyl (C=O) groups is 1. The molecular formula is C13H12Br2N2O2S. The highest BCUT2D eigenvalue weighted by Crippen LogP contribution is 2.34. The third-order valence-electron chi connectivity index (χ3n) is 2.70. The second-order valence-corrected chi connectivity index (χ2v) is 6.76. The van der Waals surface area contributed by atoms with E-state index in [2.05, 4.69) is 42.2 Å². The number of carbonyl (C=O) groups excluding carboxylic acids is 1. The monoisotopic (exact) mass is 418 g/mol. The molecule has 0 saturated carbocycles. The van der Waals surface area contributed by atoms with Crippen molar-refractivity contribution in [2.75, 3.05) is 12.4 Å². The summed E-state index contributed by atoms with van der Waals surface area (Å²) in [5.74, 6) is -0.383. The topological polar surface area (TPSA) is 51.2 Å². The molecule has 4 nitrogen and oxygen atoms in total. The highest BCUT2D eigenvalue weighted by Gasteiger charge is 2.18. The van der Waals surface area contributed by atoms with E-state index in [0.717, 1.165) is 13.8 Å². The lowest BCUT2D eigenvalue weighted by molar-refractivity contribution is 0.0601. The van der Waals surface area contributed by atoms with Crippen LogP contribution in [0.2, 0.25) is 0 Å². The number of anilines is 1. The first-order valence-electron chi connectivity index (χ1n) is 5.75. The summed E-state index contributed by atoms with van der Waals surface area (Å²) in [6.07, 6.45) is 1.81. The zero-order valence-electron chi connectivity index (χ0n) is 10.8. The Morgan fingerprint density at radius 1 is 1.45 bits per heavy atom. The Balaban J connectivity index is 2.37. The van der Waals surface area contributed by atoms with Crippen molar-refractivity contribution in [3.63, 3.8) is 0 Å². The van der Waals surface area contributed by atoms with Crippen LogP contribution in [0.4, 0.5) is 5.69 Å². The molecule has 2 rings (SSSR count). The lowest BCUT2D eigenvalue weighted by Gasteiger charge is -2.18. The summed E-state index contributed by atoms with van der Waals surface area (Å²) >= 11 is 8.42. The Bertz CT molecular complexity index is 617. The fourth-order valence-electron chi connectivity index (χ4n) is 1.72. The molecule has 1 aromatic heterocycles. The minimum absolute atomic E-state index is 0.0448. The summed E-state index contributed by atoms with van der Waals surface area (Å²) < 4.78 is 6.43. The van der Waals surface area contributed by atoms with Gasteiger partial charge in [0.25, 0.3) is 0 Å². The maximum absolute atomic E-state index is 11.9. The molecule has 0 bridgehead atoms. The summed E-state index contributed by atoms with van der Waals surface area (Å²) in [7, 11) is 1.37. The number of halogens is 2. The first kappa shape index (κ1) is 15.5. The van der Waals surface area contributed by atoms with Gasteiger partial charge in [-0.05, 0) is 35.0 Å². The Morgan fingerprint density at radius 2 is 2.20 bits per heavy atom. The van der Waals surface area contributed by atoms with Gasteiger partial charge in [0.1, 0.15) is 0 Å². The number of ether oxygens (including phenoxy) is 1. The van der Waals surface area contributed by atoms with Gasteiger partial charge in [-0.2, -0.15) is 0 Å². The molecule has 0 spiro atoms. The van der Waals surface area contributed by atoms with E-state index in [1.807, 2.05) is 19.2 Å². The fraction of sp³-hybridized carbons (Fsp3) is 0.231. The molecule has 0 aliphatic carbocycles. The number of methoxy groups -OCH3 is 1.